The molecular weight excluding hydrogens is 218 g/mol. The van der Waals surface area contributed by atoms with Crippen molar-refractivity contribution in [3.05, 3.63) is 35.5 Å². The Morgan fingerprint density at radius 2 is 2.33 bits per heavy atom. The number of ether oxygens (including phenoxy) is 1. The highest BCUT2D eigenvalue weighted by Crippen LogP contribution is 2.26. The molecular formula is C10H10ClNO3. The molecule has 80 valence electrons. The summed E-state index contributed by atoms with van der Waals surface area (Å²) in [4.78, 5) is 10.2. The predicted octanol–water partition coefficient (Wildman–Crippen LogP) is 2.36. The summed E-state index contributed by atoms with van der Waals surface area (Å²) in [6, 6.07) is 5.07. The third kappa shape index (κ3) is 3.52. The molecule has 0 heterocycles. The number of rotatable bonds is 4. The zero-order valence-corrected chi connectivity index (χ0v) is 8.78. The predicted molar refractivity (Wildman–Crippen MR) is 58.4 cm³/mol. The first-order chi connectivity index (χ1) is 7.13. The standard InChI is InChI=1S/C10H10ClNO3/c1-15-9-3-2-7(6-8(9)11)12-5-4-10(13)14/h2-6,12H,1H3,(H,13,14)/b5-4+. The van der Waals surface area contributed by atoms with Gasteiger partial charge >= 0.3 is 5.97 Å². The number of hydrogen-bond acceptors (Lipinski definition) is 3. The van der Waals surface area contributed by atoms with Crippen LogP contribution in [0.4, 0.5) is 5.69 Å². The molecule has 4 nitrogen and oxygen atoms in total. The van der Waals surface area contributed by atoms with Crippen LogP contribution in [0, 0.1) is 0 Å². The Kier molecular flexibility index (Phi) is 4.00. The maximum absolute atomic E-state index is 10.2. The van der Waals surface area contributed by atoms with Gasteiger partial charge in [0.25, 0.3) is 0 Å². The van der Waals surface area contributed by atoms with Gasteiger partial charge in [0.15, 0.2) is 0 Å². The highest BCUT2D eigenvalue weighted by molar-refractivity contribution is 6.32. The number of halogens is 1. The van der Waals surface area contributed by atoms with Crippen LogP contribution in [-0.2, 0) is 4.79 Å². The molecule has 0 aliphatic carbocycles. The van der Waals surface area contributed by atoms with Crippen molar-refractivity contribution in [3.8, 4) is 5.75 Å². The van der Waals surface area contributed by atoms with Crippen LogP contribution in [0.2, 0.25) is 5.02 Å². The molecule has 0 atom stereocenters. The summed E-state index contributed by atoms with van der Waals surface area (Å²) in [5, 5.41) is 11.6. The van der Waals surface area contributed by atoms with E-state index in [1.54, 1.807) is 18.2 Å². The Bertz CT molecular complexity index is 390. The number of methoxy groups -OCH3 is 1. The minimum absolute atomic E-state index is 0.464. The molecule has 0 amide bonds. The molecule has 0 spiro atoms. The highest BCUT2D eigenvalue weighted by atomic mass is 35.5. The van der Waals surface area contributed by atoms with Gasteiger partial charge in [0, 0.05) is 18.0 Å². The topological polar surface area (TPSA) is 58.6 Å². The summed E-state index contributed by atoms with van der Waals surface area (Å²) in [6.07, 6.45) is 2.32. The SMILES string of the molecule is COc1ccc(N/C=C/C(=O)O)cc1Cl. The second kappa shape index (κ2) is 5.26. The van der Waals surface area contributed by atoms with Gasteiger partial charge in [-0.25, -0.2) is 4.79 Å². The van der Waals surface area contributed by atoms with E-state index >= 15 is 0 Å². The van der Waals surface area contributed by atoms with Crippen LogP contribution in [0.15, 0.2) is 30.5 Å². The van der Waals surface area contributed by atoms with Crippen LogP contribution in [0.1, 0.15) is 0 Å². The number of anilines is 1. The summed E-state index contributed by atoms with van der Waals surface area (Å²) < 4.78 is 4.97. The van der Waals surface area contributed by atoms with Gasteiger partial charge < -0.3 is 15.2 Å². The van der Waals surface area contributed by atoms with E-state index in [1.165, 1.54) is 13.3 Å². The smallest absolute Gasteiger partial charge is 0.329 e. The number of carboxylic acid groups (broad SMARTS) is 1. The first kappa shape index (κ1) is 11.4. The van der Waals surface area contributed by atoms with Gasteiger partial charge in [-0.2, -0.15) is 0 Å². The van der Waals surface area contributed by atoms with Gasteiger partial charge in [0.1, 0.15) is 5.75 Å². The van der Waals surface area contributed by atoms with E-state index in [1.807, 2.05) is 0 Å². The van der Waals surface area contributed by atoms with Crippen LogP contribution in [0.5, 0.6) is 5.75 Å². The highest BCUT2D eigenvalue weighted by Gasteiger charge is 1.99. The fourth-order valence-corrected chi connectivity index (χ4v) is 1.22. The number of nitrogens with one attached hydrogen (secondary N) is 1. The molecule has 0 fully saturated rings. The molecule has 1 aromatic carbocycles. The lowest BCUT2D eigenvalue weighted by molar-refractivity contribution is -0.131. The van der Waals surface area contributed by atoms with E-state index in [0.717, 1.165) is 6.08 Å². The normalized spacial score (nSPS) is 10.3. The molecule has 15 heavy (non-hydrogen) atoms. The van der Waals surface area contributed by atoms with Crippen LogP contribution in [0.25, 0.3) is 0 Å². The minimum atomic E-state index is -1.01. The van der Waals surface area contributed by atoms with Crippen molar-refractivity contribution in [1.29, 1.82) is 0 Å². The average Bonchev–Trinajstić information content (AvgIpc) is 2.17. The fourth-order valence-electron chi connectivity index (χ4n) is 0.965. The molecule has 1 aromatic rings. The van der Waals surface area contributed by atoms with Crippen LogP contribution in [0.3, 0.4) is 0 Å². The van der Waals surface area contributed by atoms with E-state index in [9.17, 15) is 4.79 Å². The Hall–Kier alpha value is -1.68. The first-order valence-electron chi connectivity index (χ1n) is 4.13. The zero-order valence-electron chi connectivity index (χ0n) is 8.03. The van der Waals surface area contributed by atoms with Gasteiger partial charge in [0.05, 0.1) is 12.1 Å². The summed E-state index contributed by atoms with van der Waals surface area (Å²) in [7, 11) is 1.53. The Morgan fingerprint density at radius 3 is 2.87 bits per heavy atom. The van der Waals surface area contributed by atoms with Crippen molar-refractivity contribution in [2.75, 3.05) is 12.4 Å². The second-order valence-corrected chi connectivity index (χ2v) is 3.07. The molecule has 0 aromatic heterocycles. The maximum Gasteiger partial charge on any atom is 0.329 e. The number of carboxylic acids is 1. The van der Waals surface area contributed by atoms with Gasteiger partial charge in [-0.15, -0.1) is 0 Å². The van der Waals surface area contributed by atoms with Crippen molar-refractivity contribution in [2.45, 2.75) is 0 Å². The second-order valence-electron chi connectivity index (χ2n) is 2.67. The van der Waals surface area contributed by atoms with E-state index in [4.69, 9.17) is 21.4 Å². The summed E-state index contributed by atoms with van der Waals surface area (Å²) in [6.45, 7) is 0. The largest absolute Gasteiger partial charge is 0.495 e. The Balaban J connectivity index is 2.71. The number of hydrogen-bond donors (Lipinski definition) is 2. The molecule has 2 N–H and O–H groups in total. The number of carbonyl (C=O) groups is 1. The minimum Gasteiger partial charge on any atom is -0.495 e. The summed E-state index contributed by atoms with van der Waals surface area (Å²) in [5.74, 6) is -0.438. The lowest BCUT2D eigenvalue weighted by Gasteiger charge is -2.05. The molecule has 0 bridgehead atoms. The molecule has 0 saturated carbocycles. The molecule has 0 aliphatic heterocycles. The average molecular weight is 228 g/mol. The zero-order chi connectivity index (χ0) is 11.3. The molecule has 0 unspecified atom stereocenters. The van der Waals surface area contributed by atoms with Crippen molar-refractivity contribution in [2.24, 2.45) is 0 Å². The molecule has 0 radical (unpaired) electrons. The Morgan fingerprint density at radius 1 is 1.60 bits per heavy atom. The quantitative estimate of drug-likeness (QED) is 0.776. The Labute approximate surface area is 92.1 Å². The van der Waals surface area contributed by atoms with Crippen molar-refractivity contribution in [3.63, 3.8) is 0 Å². The third-order valence-corrected chi connectivity index (χ3v) is 1.92. The van der Waals surface area contributed by atoms with E-state index < -0.39 is 5.97 Å². The van der Waals surface area contributed by atoms with Crippen LogP contribution < -0.4 is 10.1 Å². The van der Waals surface area contributed by atoms with E-state index in [0.29, 0.717) is 16.5 Å². The van der Waals surface area contributed by atoms with E-state index in [-0.39, 0.29) is 0 Å². The van der Waals surface area contributed by atoms with Crippen LogP contribution in [-0.4, -0.2) is 18.2 Å². The van der Waals surface area contributed by atoms with Gasteiger partial charge in [-0.3, -0.25) is 0 Å². The van der Waals surface area contributed by atoms with Crippen molar-refractivity contribution in [1.82, 2.24) is 0 Å². The lowest BCUT2D eigenvalue weighted by Crippen LogP contribution is -1.92. The molecule has 0 saturated heterocycles. The molecule has 1 rings (SSSR count). The maximum atomic E-state index is 10.2. The monoisotopic (exact) mass is 227 g/mol. The van der Waals surface area contributed by atoms with Crippen molar-refractivity contribution >= 4 is 23.3 Å². The summed E-state index contributed by atoms with van der Waals surface area (Å²) >= 11 is 5.87. The van der Waals surface area contributed by atoms with Crippen LogP contribution >= 0.6 is 11.6 Å². The van der Waals surface area contributed by atoms with E-state index in [2.05, 4.69) is 5.32 Å². The van der Waals surface area contributed by atoms with Gasteiger partial charge in [-0.1, -0.05) is 11.6 Å². The first-order valence-corrected chi connectivity index (χ1v) is 4.51. The lowest BCUT2D eigenvalue weighted by atomic mass is 10.3. The fraction of sp³-hybridized carbons (Fsp3) is 0.100. The van der Waals surface area contributed by atoms with Gasteiger partial charge in [-0.05, 0) is 18.2 Å². The van der Waals surface area contributed by atoms with Gasteiger partial charge in [0.2, 0.25) is 0 Å². The van der Waals surface area contributed by atoms with Crippen molar-refractivity contribution < 1.29 is 14.6 Å². The number of benzene rings is 1. The number of aliphatic carboxylic acids is 1. The summed E-state index contributed by atoms with van der Waals surface area (Å²) in [5.41, 5.74) is 0.693. The molecule has 0 aliphatic rings. The third-order valence-electron chi connectivity index (χ3n) is 1.63. The molecule has 5 heteroatoms.